The minimum atomic E-state index is -0.0105. The molecule has 1 aliphatic rings. The van der Waals surface area contributed by atoms with E-state index in [1.165, 1.54) is 0 Å². The lowest BCUT2D eigenvalue weighted by atomic mass is 10.1. The van der Waals surface area contributed by atoms with Gasteiger partial charge in [0, 0.05) is 37.0 Å². The molecular formula is C22H22N6O2. The number of amidine groups is 2. The first-order valence-electron chi connectivity index (χ1n) is 9.50. The van der Waals surface area contributed by atoms with Gasteiger partial charge in [-0.1, -0.05) is 24.3 Å². The summed E-state index contributed by atoms with van der Waals surface area (Å²) in [6, 6.07) is 13.3. The molecule has 0 saturated carbocycles. The Labute approximate surface area is 174 Å². The molecule has 30 heavy (non-hydrogen) atoms. The van der Waals surface area contributed by atoms with E-state index >= 15 is 0 Å². The van der Waals surface area contributed by atoms with Crippen molar-refractivity contribution >= 4 is 17.8 Å². The number of nitrogen functional groups attached to an aromatic ring is 1. The number of aryl methyl sites for hydroxylation is 2. The standard InChI is InChI=1S/C22H22N6O2/c1-14-6-7-15(20(23)24)13-18(14)30-19-8-9-26-22(27-19)29-17-5-3-4-16(12-17)21-25-10-11-28(21)2/h3-7,10-13H,8-9H2,1-2H3,(H3,23,24). The first kappa shape index (κ1) is 19.4. The third-order valence-electron chi connectivity index (χ3n) is 4.64. The first-order valence-corrected chi connectivity index (χ1v) is 9.50. The van der Waals surface area contributed by atoms with Crippen LogP contribution in [-0.4, -0.2) is 33.9 Å². The van der Waals surface area contributed by atoms with Crippen LogP contribution in [0.4, 0.5) is 0 Å². The van der Waals surface area contributed by atoms with Gasteiger partial charge in [0.05, 0.1) is 6.54 Å². The minimum absolute atomic E-state index is 0.0105. The molecule has 0 unspecified atom stereocenters. The van der Waals surface area contributed by atoms with Crippen LogP contribution in [0, 0.1) is 12.3 Å². The van der Waals surface area contributed by atoms with Gasteiger partial charge in [-0.2, -0.15) is 4.99 Å². The van der Waals surface area contributed by atoms with Crippen LogP contribution >= 0.6 is 0 Å². The predicted octanol–water partition coefficient (Wildman–Crippen LogP) is 3.30. The smallest absolute Gasteiger partial charge is 0.320 e. The van der Waals surface area contributed by atoms with Crippen molar-refractivity contribution in [3.8, 4) is 22.9 Å². The second-order valence-corrected chi connectivity index (χ2v) is 6.91. The number of hydrogen-bond acceptors (Lipinski definition) is 6. The summed E-state index contributed by atoms with van der Waals surface area (Å²) >= 11 is 0. The zero-order valence-electron chi connectivity index (χ0n) is 16.8. The Morgan fingerprint density at radius 2 is 2.03 bits per heavy atom. The second-order valence-electron chi connectivity index (χ2n) is 6.91. The van der Waals surface area contributed by atoms with Crippen molar-refractivity contribution < 1.29 is 9.47 Å². The Morgan fingerprint density at radius 1 is 1.17 bits per heavy atom. The lowest BCUT2D eigenvalue weighted by Crippen LogP contribution is -2.21. The molecule has 0 saturated heterocycles. The van der Waals surface area contributed by atoms with Crippen LogP contribution in [0.2, 0.25) is 0 Å². The average Bonchev–Trinajstić information content (AvgIpc) is 3.16. The number of benzene rings is 2. The number of aromatic nitrogens is 2. The van der Waals surface area contributed by atoms with Crippen LogP contribution < -0.4 is 15.2 Å². The van der Waals surface area contributed by atoms with Crippen molar-refractivity contribution in [3.05, 3.63) is 66.0 Å². The molecule has 0 atom stereocenters. The second kappa shape index (κ2) is 8.20. The normalized spacial score (nSPS) is 13.4. The van der Waals surface area contributed by atoms with Crippen LogP contribution in [0.3, 0.4) is 0 Å². The summed E-state index contributed by atoms with van der Waals surface area (Å²) in [5.41, 5.74) is 8.05. The number of nitrogens with zero attached hydrogens (tertiary/aromatic N) is 4. The van der Waals surface area contributed by atoms with Crippen molar-refractivity contribution in [2.24, 2.45) is 22.8 Å². The Bertz CT molecular complexity index is 1160. The minimum Gasteiger partial charge on any atom is -0.442 e. The maximum absolute atomic E-state index is 7.61. The quantitative estimate of drug-likeness (QED) is 0.515. The van der Waals surface area contributed by atoms with Crippen LogP contribution in [0.5, 0.6) is 11.5 Å². The van der Waals surface area contributed by atoms with E-state index in [0.29, 0.717) is 35.9 Å². The van der Waals surface area contributed by atoms with E-state index in [1.54, 1.807) is 18.3 Å². The molecule has 0 fully saturated rings. The fourth-order valence-electron chi connectivity index (χ4n) is 3.03. The van der Waals surface area contributed by atoms with Crippen LogP contribution in [0.25, 0.3) is 11.4 Å². The Morgan fingerprint density at radius 3 is 2.80 bits per heavy atom. The molecule has 0 amide bonds. The van der Waals surface area contributed by atoms with Gasteiger partial charge in [0.1, 0.15) is 23.2 Å². The van der Waals surface area contributed by atoms with Crippen molar-refractivity contribution in [1.29, 1.82) is 5.41 Å². The maximum Gasteiger partial charge on any atom is 0.320 e. The van der Waals surface area contributed by atoms with Gasteiger partial charge in [0.2, 0.25) is 5.90 Å². The molecule has 4 rings (SSSR count). The maximum atomic E-state index is 7.61. The third kappa shape index (κ3) is 4.22. The Hall–Kier alpha value is -3.94. The zero-order chi connectivity index (χ0) is 21.1. The fraction of sp³-hybridized carbons (Fsp3) is 0.182. The number of hydrogen-bond donors (Lipinski definition) is 2. The van der Waals surface area contributed by atoms with Gasteiger partial charge >= 0.3 is 6.02 Å². The lowest BCUT2D eigenvalue weighted by molar-refractivity contribution is 0.501. The van der Waals surface area contributed by atoms with E-state index in [-0.39, 0.29) is 11.9 Å². The molecule has 1 aromatic heterocycles. The summed E-state index contributed by atoms with van der Waals surface area (Å²) in [6.45, 7) is 2.44. The van der Waals surface area contributed by atoms with Gasteiger partial charge in [-0.15, -0.1) is 0 Å². The van der Waals surface area contributed by atoms with Gasteiger partial charge < -0.3 is 19.8 Å². The molecule has 0 radical (unpaired) electrons. The van der Waals surface area contributed by atoms with E-state index in [4.69, 9.17) is 20.6 Å². The van der Waals surface area contributed by atoms with Crippen LogP contribution in [-0.2, 0) is 7.05 Å². The molecule has 3 N–H and O–H groups in total. The van der Waals surface area contributed by atoms with Crippen LogP contribution in [0.15, 0.2) is 64.8 Å². The highest BCUT2D eigenvalue weighted by Gasteiger charge is 2.15. The average molecular weight is 402 g/mol. The lowest BCUT2D eigenvalue weighted by Gasteiger charge is -2.15. The molecule has 2 heterocycles. The molecule has 0 spiro atoms. The zero-order valence-corrected chi connectivity index (χ0v) is 16.8. The van der Waals surface area contributed by atoms with Crippen molar-refractivity contribution in [3.63, 3.8) is 0 Å². The van der Waals surface area contributed by atoms with E-state index in [2.05, 4.69) is 15.0 Å². The largest absolute Gasteiger partial charge is 0.442 e. The van der Waals surface area contributed by atoms with Gasteiger partial charge in [-0.3, -0.25) is 5.41 Å². The number of rotatable bonds is 4. The summed E-state index contributed by atoms with van der Waals surface area (Å²) in [6.07, 6.45) is 4.21. The molecule has 152 valence electrons. The molecule has 3 aromatic rings. The summed E-state index contributed by atoms with van der Waals surface area (Å²) < 4.78 is 13.8. The van der Waals surface area contributed by atoms with E-state index in [1.807, 2.05) is 55.1 Å². The number of imidazole rings is 1. The number of nitrogens with two attached hydrogens (primary N) is 1. The van der Waals surface area contributed by atoms with E-state index < -0.39 is 0 Å². The summed E-state index contributed by atoms with van der Waals surface area (Å²) in [7, 11) is 1.94. The molecule has 1 aliphatic heterocycles. The highest BCUT2D eigenvalue weighted by molar-refractivity contribution is 5.96. The van der Waals surface area contributed by atoms with Crippen LogP contribution in [0.1, 0.15) is 17.5 Å². The molecule has 0 aliphatic carbocycles. The van der Waals surface area contributed by atoms with Crippen molar-refractivity contribution in [2.75, 3.05) is 6.54 Å². The highest BCUT2D eigenvalue weighted by Crippen LogP contribution is 2.24. The van der Waals surface area contributed by atoms with Gasteiger partial charge in [-0.05, 0) is 30.7 Å². The molecule has 8 nitrogen and oxygen atoms in total. The Balaban J connectivity index is 1.52. The summed E-state index contributed by atoms with van der Waals surface area (Å²) in [5, 5.41) is 7.61. The predicted molar refractivity (Wildman–Crippen MR) is 116 cm³/mol. The molecule has 8 heteroatoms. The van der Waals surface area contributed by atoms with E-state index in [0.717, 1.165) is 17.0 Å². The molecule has 2 aromatic carbocycles. The fourth-order valence-corrected chi connectivity index (χ4v) is 3.03. The number of aliphatic imine (C=N–C) groups is 2. The monoisotopic (exact) mass is 402 g/mol. The van der Waals surface area contributed by atoms with E-state index in [9.17, 15) is 0 Å². The van der Waals surface area contributed by atoms with Gasteiger partial charge in [-0.25, -0.2) is 9.98 Å². The number of nitrogens with one attached hydrogen (secondary N) is 1. The van der Waals surface area contributed by atoms with Gasteiger partial charge in [0.25, 0.3) is 0 Å². The molecule has 0 bridgehead atoms. The highest BCUT2D eigenvalue weighted by atomic mass is 16.5. The summed E-state index contributed by atoms with van der Waals surface area (Å²) in [4.78, 5) is 13.1. The Kier molecular flexibility index (Phi) is 5.30. The topological polar surface area (TPSA) is 111 Å². The SMILES string of the molecule is Cc1ccc(C(=N)N)cc1OC1=NC(Oc2cccc(-c3nccn3C)c2)=NCC1. The third-order valence-corrected chi connectivity index (χ3v) is 4.64. The van der Waals surface area contributed by atoms with Crippen molar-refractivity contribution in [2.45, 2.75) is 13.3 Å². The first-order chi connectivity index (χ1) is 14.5. The summed E-state index contributed by atoms with van der Waals surface area (Å²) in [5.74, 6) is 2.57. The van der Waals surface area contributed by atoms with Crippen molar-refractivity contribution in [1.82, 2.24) is 9.55 Å². The van der Waals surface area contributed by atoms with Gasteiger partial charge in [0.15, 0.2) is 0 Å². The number of ether oxygens (including phenoxy) is 2. The molecular weight excluding hydrogens is 380 g/mol.